The van der Waals surface area contributed by atoms with Crippen molar-refractivity contribution in [1.29, 1.82) is 0 Å². The Morgan fingerprint density at radius 2 is 2.29 bits per heavy atom. The van der Waals surface area contributed by atoms with E-state index in [1.165, 1.54) is 0 Å². The van der Waals surface area contributed by atoms with Crippen molar-refractivity contribution in [3.8, 4) is 0 Å². The summed E-state index contributed by atoms with van der Waals surface area (Å²) < 4.78 is 3.52. The summed E-state index contributed by atoms with van der Waals surface area (Å²) in [7, 11) is 0. The van der Waals surface area contributed by atoms with Crippen LogP contribution in [0.1, 0.15) is 0 Å². The molecule has 5 nitrogen and oxygen atoms in total. The summed E-state index contributed by atoms with van der Waals surface area (Å²) >= 11 is 0. The van der Waals surface area contributed by atoms with Gasteiger partial charge in [-0.25, -0.2) is 4.79 Å². The van der Waals surface area contributed by atoms with Gasteiger partial charge in [-0.05, 0) is 0 Å². The minimum absolute atomic E-state index is 0.0742. The van der Waals surface area contributed by atoms with Gasteiger partial charge in [-0.1, -0.05) is 0 Å². The van der Waals surface area contributed by atoms with E-state index in [2.05, 4.69) is 15.5 Å². The fourth-order valence-corrected chi connectivity index (χ4v) is 0.0671. The van der Waals surface area contributed by atoms with Crippen molar-refractivity contribution >= 4 is 12.6 Å². The molecule has 0 aliphatic rings. The molecule has 0 saturated heterocycles. The second kappa shape index (κ2) is 3.10. The Bertz CT molecular complexity index is 79.8. The second-order valence-electron chi connectivity index (χ2n) is 0.582. The summed E-state index contributed by atoms with van der Waals surface area (Å²) in [6.07, 6.45) is -1.21. The Hall–Kier alpha value is -1.10. The van der Waals surface area contributed by atoms with Gasteiger partial charge in [-0.2, -0.15) is 5.90 Å². The van der Waals surface area contributed by atoms with Gasteiger partial charge < -0.3 is 9.57 Å². The minimum Gasteiger partial charge on any atom is -0.362 e. The van der Waals surface area contributed by atoms with Crippen LogP contribution in [0.25, 0.3) is 0 Å². The third kappa shape index (κ3) is 2.71. The maximum Gasteiger partial charge on any atom is 0.535 e. The van der Waals surface area contributed by atoms with Crippen LogP contribution in [-0.4, -0.2) is 12.6 Å². The number of rotatable bonds is 1. The lowest BCUT2D eigenvalue weighted by atomic mass is 11.3. The summed E-state index contributed by atoms with van der Waals surface area (Å²) in [5.41, 5.74) is 0. The van der Waals surface area contributed by atoms with E-state index >= 15 is 0 Å². The Morgan fingerprint density at radius 1 is 1.71 bits per heavy atom. The van der Waals surface area contributed by atoms with E-state index in [0.29, 0.717) is 0 Å². The Balaban J connectivity index is 3.17. The monoisotopic (exact) mass is 105 g/mol. The summed E-state index contributed by atoms with van der Waals surface area (Å²) in [5, 5.41) is 0. The molecule has 0 aliphatic carbocycles. The van der Waals surface area contributed by atoms with E-state index in [0.717, 1.165) is 0 Å². The zero-order valence-corrected chi connectivity index (χ0v) is 3.29. The van der Waals surface area contributed by atoms with Gasteiger partial charge in [0.1, 0.15) is 0 Å². The van der Waals surface area contributed by atoms with Crippen molar-refractivity contribution in [3.63, 3.8) is 0 Å². The van der Waals surface area contributed by atoms with Crippen molar-refractivity contribution in [1.82, 2.24) is 0 Å². The summed E-state index contributed by atoms with van der Waals surface area (Å²) in [6.45, 7) is -0.0742. The lowest BCUT2D eigenvalue weighted by Gasteiger charge is -1.87. The quantitative estimate of drug-likeness (QED) is 0.204. The predicted octanol–water partition coefficient (Wildman–Crippen LogP) is -0.830. The van der Waals surface area contributed by atoms with Gasteiger partial charge in [-0.3, -0.25) is 4.79 Å². The molecular formula is C2H3NO4. The average Bonchev–Trinajstić information content (AvgIpc) is 1.68. The molecule has 0 radical (unpaired) electrons. The molecule has 0 saturated carbocycles. The van der Waals surface area contributed by atoms with Crippen molar-refractivity contribution in [3.05, 3.63) is 0 Å². The van der Waals surface area contributed by atoms with Gasteiger partial charge in [0.15, 0.2) is 0 Å². The average molecular weight is 105 g/mol. The molecule has 0 bridgehead atoms. The minimum atomic E-state index is -1.21. The van der Waals surface area contributed by atoms with E-state index in [-0.39, 0.29) is 6.47 Å². The van der Waals surface area contributed by atoms with Crippen molar-refractivity contribution in [2.45, 2.75) is 0 Å². The summed E-state index contributed by atoms with van der Waals surface area (Å²) in [5.74, 6) is 4.22. The predicted molar refractivity (Wildman–Crippen MR) is 17.8 cm³/mol. The first-order chi connectivity index (χ1) is 3.31. The number of carbonyl (C=O) groups is 2. The van der Waals surface area contributed by atoms with Crippen LogP contribution in [0.15, 0.2) is 0 Å². The van der Waals surface area contributed by atoms with Crippen molar-refractivity contribution in [2.24, 2.45) is 5.90 Å². The fraction of sp³-hybridized carbons (Fsp3) is 0. The van der Waals surface area contributed by atoms with E-state index in [1.54, 1.807) is 0 Å². The van der Waals surface area contributed by atoms with Crippen LogP contribution in [0.2, 0.25) is 0 Å². The van der Waals surface area contributed by atoms with Gasteiger partial charge >= 0.3 is 12.6 Å². The van der Waals surface area contributed by atoms with Crippen LogP contribution in [0.4, 0.5) is 4.79 Å². The molecule has 0 heterocycles. The molecule has 40 valence electrons. The van der Waals surface area contributed by atoms with E-state index in [9.17, 15) is 9.59 Å². The molecule has 0 amide bonds. The molecule has 0 unspecified atom stereocenters. The Labute approximate surface area is 38.9 Å². The molecule has 0 rings (SSSR count). The number of carbonyl (C=O) groups excluding carboxylic acids is 2. The third-order valence-corrected chi connectivity index (χ3v) is 0.241. The molecule has 5 heteroatoms. The maximum atomic E-state index is 9.61. The highest BCUT2D eigenvalue weighted by Crippen LogP contribution is 1.70. The zero-order chi connectivity index (χ0) is 5.70. The molecule has 0 spiro atoms. The summed E-state index contributed by atoms with van der Waals surface area (Å²) in [4.78, 5) is 22.2. The molecule has 7 heavy (non-hydrogen) atoms. The van der Waals surface area contributed by atoms with E-state index in [1.807, 2.05) is 0 Å². The lowest BCUT2D eigenvalue weighted by molar-refractivity contribution is -0.125. The topological polar surface area (TPSA) is 78.6 Å². The van der Waals surface area contributed by atoms with Gasteiger partial charge in [0.25, 0.3) is 0 Å². The number of hydrogen-bond acceptors (Lipinski definition) is 5. The number of hydrogen-bond donors (Lipinski definition) is 1. The number of ether oxygens (including phenoxy) is 1. The molecule has 0 aromatic carbocycles. The third-order valence-electron chi connectivity index (χ3n) is 0.241. The van der Waals surface area contributed by atoms with E-state index < -0.39 is 6.16 Å². The zero-order valence-electron chi connectivity index (χ0n) is 3.29. The normalized spacial score (nSPS) is 7.00. The van der Waals surface area contributed by atoms with Crippen LogP contribution >= 0.6 is 0 Å². The van der Waals surface area contributed by atoms with Gasteiger partial charge in [-0.15, -0.1) is 0 Å². The van der Waals surface area contributed by atoms with Crippen LogP contribution in [0.3, 0.4) is 0 Å². The first kappa shape index (κ1) is 5.90. The van der Waals surface area contributed by atoms with Crippen LogP contribution < -0.4 is 5.90 Å². The standard InChI is InChI=1S/C2H3NO4/c3-7-2(5)6-1-4/h1H,3H2. The molecule has 0 aromatic rings. The largest absolute Gasteiger partial charge is 0.535 e. The van der Waals surface area contributed by atoms with Crippen LogP contribution in [0, 0.1) is 0 Å². The smallest absolute Gasteiger partial charge is 0.362 e. The molecule has 0 atom stereocenters. The fourth-order valence-electron chi connectivity index (χ4n) is 0.0671. The molecule has 0 aliphatic heterocycles. The lowest BCUT2D eigenvalue weighted by Crippen LogP contribution is -2.10. The molecule has 0 fully saturated rings. The molecule has 2 N–H and O–H groups in total. The van der Waals surface area contributed by atoms with Crippen molar-refractivity contribution in [2.75, 3.05) is 0 Å². The van der Waals surface area contributed by atoms with Crippen molar-refractivity contribution < 1.29 is 19.2 Å². The van der Waals surface area contributed by atoms with E-state index in [4.69, 9.17) is 0 Å². The Kier molecular flexibility index (Phi) is 2.62. The van der Waals surface area contributed by atoms with Gasteiger partial charge in [0, 0.05) is 0 Å². The van der Waals surface area contributed by atoms with Gasteiger partial charge in [0.2, 0.25) is 0 Å². The first-order valence-corrected chi connectivity index (χ1v) is 1.32. The van der Waals surface area contributed by atoms with Crippen LogP contribution in [0.5, 0.6) is 0 Å². The number of nitrogens with two attached hydrogens (primary N) is 1. The highest BCUT2D eigenvalue weighted by Gasteiger charge is 1.95. The van der Waals surface area contributed by atoms with Gasteiger partial charge in [0.05, 0.1) is 0 Å². The molecule has 0 aromatic heterocycles. The SMILES string of the molecule is NOC(=O)OC=O. The highest BCUT2D eigenvalue weighted by atomic mass is 16.8. The summed E-state index contributed by atoms with van der Waals surface area (Å²) in [6, 6.07) is 0. The molecular weight excluding hydrogens is 102 g/mol. The first-order valence-electron chi connectivity index (χ1n) is 1.32. The Morgan fingerprint density at radius 3 is 2.43 bits per heavy atom. The van der Waals surface area contributed by atoms with Crippen LogP contribution in [-0.2, 0) is 14.4 Å². The second-order valence-corrected chi connectivity index (χ2v) is 0.582. The maximum absolute atomic E-state index is 9.61. The highest BCUT2D eigenvalue weighted by molar-refractivity contribution is 5.68.